The summed E-state index contributed by atoms with van der Waals surface area (Å²) in [5, 5.41) is 0. The number of rotatable bonds is 5. The molecular formula is C53H51N. The molecule has 0 saturated heterocycles. The molecule has 0 bridgehead atoms. The molecule has 0 aliphatic heterocycles. The fraction of sp³-hybridized carbons (Fsp3) is 0.208. The summed E-state index contributed by atoms with van der Waals surface area (Å²) in [7, 11) is 0. The van der Waals surface area contributed by atoms with E-state index in [4.69, 9.17) is 0 Å². The van der Waals surface area contributed by atoms with Crippen LogP contribution in [0.15, 0.2) is 164 Å². The molecule has 1 unspecified atom stereocenters. The van der Waals surface area contributed by atoms with Crippen LogP contribution in [0.4, 0.5) is 17.1 Å². The fourth-order valence-electron chi connectivity index (χ4n) is 9.49. The van der Waals surface area contributed by atoms with Crippen LogP contribution in [-0.2, 0) is 10.8 Å². The van der Waals surface area contributed by atoms with Crippen molar-refractivity contribution in [2.75, 3.05) is 4.90 Å². The Morgan fingerprint density at radius 2 is 0.963 bits per heavy atom. The second-order valence-corrected chi connectivity index (χ2v) is 15.9. The molecule has 0 N–H and O–H groups in total. The minimum atomic E-state index is -0.478. The second kappa shape index (κ2) is 13.3. The Balaban J connectivity index is 0.00000203. The number of fused-ring (bicyclic) bond motifs is 6. The predicted molar refractivity (Wildman–Crippen MR) is 231 cm³/mol. The van der Waals surface area contributed by atoms with Crippen LogP contribution in [0.1, 0.15) is 86.1 Å². The zero-order valence-corrected chi connectivity index (χ0v) is 33.0. The summed E-state index contributed by atoms with van der Waals surface area (Å²) in [6.07, 6.45) is 0. The van der Waals surface area contributed by atoms with Crippen molar-refractivity contribution in [1.82, 2.24) is 0 Å². The van der Waals surface area contributed by atoms with Crippen molar-refractivity contribution >= 4 is 17.1 Å². The molecule has 0 fully saturated rings. The van der Waals surface area contributed by atoms with Gasteiger partial charge < -0.3 is 4.90 Å². The summed E-state index contributed by atoms with van der Waals surface area (Å²) < 4.78 is 0. The minimum Gasteiger partial charge on any atom is -0.310 e. The summed E-state index contributed by atoms with van der Waals surface area (Å²) in [5.41, 5.74) is 18.8. The molecule has 7 aromatic rings. The molecule has 0 heterocycles. The number of aryl methyl sites for hydroxylation is 1. The first-order valence-corrected chi connectivity index (χ1v) is 19.6. The van der Waals surface area contributed by atoms with Crippen LogP contribution >= 0.6 is 0 Å². The van der Waals surface area contributed by atoms with Crippen molar-refractivity contribution < 1.29 is 0 Å². The van der Waals surface area contributed by atoms with E-state index in [1.54, 1.807) is 0 Å². The fourth-order valence-corrected chi connectivity index (χ4v) is 9.49. The molecule has 0 spiro atoms. The summed E-state index contributed by atoms with van der Waals surface area (Å²) >= 11 is 0. The Kier molecular flexibility index (Phi) is 8.73. The van der Waals surface area contributed by atoms with Gasteiger partial charge in [0.05, 0.1) is 11.1 Å². The van der Waals surface area contributed by atoms with Crippen LogP contribution in [0.3, 0.4) is 0 Å². The maximum atomic E-state index is 2.55. The second-order valence-electron chi connectivity index (χ2n) is 15.9. The molecule has 0 amide bonds. The van der Waals surface area contributed by atoms with Crippen molar-refractivity contribution in [1.29, 1.82) is 0 Å². The lowest BCUT2D eigenvalue weighted by Gasteiger charge is -2.41. The molecule has 9 rings (SSSR count). The lowest BCUT2D eigenvalue weighted by molar-refractivity contribution is 0.255. The van der Waals surface area contributed by atoms with Gasteiger partial charge >= 0.3 is 0 Å². The van der Waals surface area contributed by atoms with Gasteiger partial charge in [-0.2, -0.15) is 0 Å². The number of nitrogens with zero attached hydrogens (tertiary/aromatic N) is 1. The Labute approximate surface area is 323 Å². The van der Waals surface area contributed by atoms with Crippen molar-refractivity contribution in [3.63, 3.8) is 0 Å². The van der Waals surface area contributed by atoms with E-state index in [-0.39, 0.29) is 10.8 Å². The van der Waals surface area contributed by atoms with Crippen LogP contribution in [0.5, 0.6) is 0 Å². The smallest absolute Gasteiger partial charge is 0.0714 e. The number of benzene rings is 7. The van der Waals surface area contributed by atoms with Gasteiger partial charge in [-0.1, -0.05) is 181 Å². The first-order valence-electron chi connectivity index (χ1n) is 19.6. The first kappa shape index (κ1) is 35.4. The van der Waals surface area contributed by atoms with E-state index in [1.165, 1.54) is 72.4 Å². The maximum Gasteiger partial charge on any atom is 0.0714 e. The van der Waals surface area contributed by atoms with Crippen LogP contribution in [0.2, 0.25) is 0 Å². The van der Waals surface area contributed by atoms with E-state index in [1.807, 2.05) is 13.8 Å². The molecule has 0 aromatic heterocycles. The molecule has 2 aliphatic carbocycles. The largest absolute Gasteiger partial charge is 0.310 e. The molecule has 1 atom stereocenters. The lowest BCUT2D eigenvalue weighted by atomic mass is 9.62. The van der Waals surface area contributed by atoms with Crippen molar-refractivity contribution in [3.05, 3.63) is 208 Å². The van der Waals surface area contributed by atoms with E-state index in [9.17, 15) is 0 Å². The third kappa shape index (κ3) is 4.98. The SMILES string of the molecule is CC.Cc1cc2c(c(N(c3ccccc3)c3ccc4c(c3)C(c3ccccc3)(c3ccccc3)c3ccccc3-4)c1C)-c1ccccc1C2(C)C(C)(C)C. The van der Waals surface area contributed by atoms with Gasteiger partial charge in [-0.15, -0.1) is 0 Å². The van der Waals surface area contributed by atoms with Gasteiger partial charge in [0, 0.05) is 22.4 Å². The Bertz CT molecular complexity index is 2430. The topological polar surface area (TPSA) is 3.24 Å². The molecule has 1 nitrogen and oxygen atoms in total. The van der Waals surface area contributed by atoms with Crippen LogP contribution in [0.25, 0.3) is 22.3 Å². The average molecular weight is 702 g/mol. The highest BCUT2D eigenvalue weighted by Crippen LogP contribution is 2.62. The van der Waals surface area contributed by atoms with Crippen LogP contribution in [-0.4, -0.2) is 0 Å². The molecule has 0 radical (unpaired) electrons. The molecule has 54 heavy (non-hydrogen) atoms. The van der Waals surface area contributed by atoms with Crippen molar-refractivity contribution in [3.8, 4) is 22.3 Å². The Hall–Kier alpha value is -5.66. The molecule has 0 saturated carbocycles. The molecular weight excluding hydrogens is 651 g/mol. The highest BCUT2D eigenvalue weighted by atomic mass is 15.1. The number of hydrogen-bond acceptors (Lipinski definition) is 1. The van der Waals surface area contributed by atoms with E-state index in [2.05, 4.69) is 210 Å². The van der Waals surface area contributed by atoms with Gasteiger partial charge in [-0.25, -0.2) is 0 Å². The van der Waals surface area contributed by atoms with Crippen molar-refractivity contribution in [2.45, 2.75) is 66.2 Å². The summed E-state index contributed by atoms with van der Waals surface area (Å²) in [6.45, 7) is 18.3. The zero-order chi connectivity index (χ0) is 37.8. The van der Waals surface area contributed by atoms with Crippen LogP contribution in [0, 0.1) is 19.3 Å². The van der Waals surface area contributed by atoms with Gasteiger partial charge in [-0.3, -0.25) is 0 Å². The van der Waals surface area contributed by atoms with E-state index in [0.29, 0.717) is 0 Å². The third-order valence-corrected chi connectivity index (χ3v) is 12.5. The zero-order valence-electron chi connectivity index (χ0n) is 33.0. The van der Waals surface area contributed by atoms with Crippen LogP contribution < -0.4 is 4.90 Å². The first-order chi connectivity index (χ1) is 26.2. The van der Waals surface area contributed by atoms with E-state index in [0.717, 1.165) is 11.4 Å². The Morgan fingerprint density at radius 3 is 1.56 bits per heavy atom. The molecule has 7 aromatic carbocycles. The number of para-hydroxylation sites is 1. The number of hydrogen-bond donors (Lipinski definition) is 0. The Morgan fingerprint density at radius 1 is 0.463 bits per heavy atom. The normalized spacial score (nSPS) is 16.0. The van der Waals surface area contributed by atoms with Gasteiger partial charge in [0.25, 0.3) is 0 Å². The quantitative estimate of drug-likeness (QED) is 0.173. The monoisotopic (exact) mass is 701 g/mol. The third-order valence-electron chi connectivity index (χ3n) is 12.5. The van der Waals surface area contributed by atoms with Gasteiger partial charge in [-0.05, 0) is 105 Å². The van der Waals surface area contributed by atoms with Gasteiger partial charge in [0.2, 0.25) is 0 Å². The van der Waals surface area contributed by atoms with Gasteiger partial charge in [0.15, 0.2) is 0 Å². The summed E-state index contributed by atoms with van der Waals surface area (Å²) in [4.78, 5) is 2.55. The highest BCUT2D eigenvalue weighted by molar-refractivity contribution is 5.98. The van der Waals surface area contributed by atoms with E-state index >= 15 is 0 Å². The average Bonchev–Trinajstić information content (AvgIpc) is 3.65. The lowest BCUT2D eigenvalue weighted by Crippen LogP contribution is -2.36. The van der Waals surface area contributed by atoms with Gasteiger partial charge in [0.1, 0.15) is 0 Å². The minimum absolute atomic E-state index is 0.00475. The molecule has 2 aliphatic rings. The molecule has 1 heteroatoms. The predicted octanol–water partition coefficient (Wildman–Crippen LogP) is 14.5. The molecule has 268 valence electrons. The standard InChI is InChI=1S/C51H45N.C2H6/c1-34-32-46-47(42-27-17-18-28-43(42)50(46,6)49(3,4)5)48(35(34)2)52(38-24-14-9-15-25-38)39-30-31-41-40-26-16-19-29-44(40)51(45(41)33-39,36-20-10-7-11-21-36)37-22-12-8-13-23-37;1-2/h7-33H,1-6H3;1-2H3. The summed E-state index contributed by atoms with van der Waals surface area (Å²) in [5.74, 6) is 0. The van der Waals surface area contributed by atoms with Crippen molar-refractivity contribution in [2.24, 2.45) is 5.41 Å². The summed E-state index contributed by atoms with van der Waals surface area (Å²) in [6, 6.07) is 61.1. The van der Waals surface area contributed by atoms with E-state index < -0.39 is 5.41 Å². The maximum absolute atomic E-state index is 2.55. The highest BCUT2D eigenvalue weighted by Gasteiger charge is 2.50. The number of anilines is 3.